The highest BCUT2D eigenvalue weighted by Gasteiger charge is 2.25. The Hall–Kier alpha value is -2.58. The Kier molecular flexibility index (Phi) is 6.76. The van der Waals surface area contributed by atoms with Gasteiger partial charge >= 0.3 is 0 Å². The highest BCUT2D eigenvalue weighted by atomic mass is 32.2. The largest absolute Gasteiger partial charge is 0.497 e. The standard InChI is InChI=1S/C21H26N2O5S/c1-27-18-13-16(14-19(15-18)28-2)21(24)22-17-7-9-20(10-8-17)29(25,26)23-11-5-3-4-6-12-23/h7-10,13-15H,3-6,11-12H2,1-2H3,(H,22,24). The third-order valence-corrected chi connectivity index (χ3v) is 6.84. The fourth-order valence-electron chi connectivity index (χ4n) is 3.28. The van der Waals surface area contributed by atoms with Crippen LogP contribution >= 0.6 is 0 Å². The van der Waals surface area contributed by atoms with Gasteiger partial charge in [-0.3, -0.25) is 4.79 Å². The number of anilines is 1. The van der Waals surface area contributed by atoms with Gasteiger partial charge in [0.15, 0.2) is 0 Å². The van der Waals surface area contributed by atoms with E-state index in [4.69, 9.17) is 9.47 Å². The summed E-state index contributed by atoms with van der Waals surface area (Å²) >= 11 is 0. The van der Waals surface area contributed by atoms with Gasteiger partial charge in [0.05, 0.1) is 19.1 Å². The van der Waals surface area contributed by atoms with Crippen LogP contribution in [0.2, 0.25) is 0 Å². The Bertz CT molecular complexity index is 927. The number of rotatable bonds is 6. The molecule has 0 radical (unpaired) electrons. The van der Waals surface area contributed by atoms with Crippen LogP contribution in [0.25, 0.3) is 0 Å². The zero-order valence-corrected chi connectivity index (χ0v) is 17.5. The number of carbonyl (C=O) groups is 1. The van der Waals surface area contributed by atoms with Crippen LogP contribution in [-0.2, 0) is 10.0 Å². The van der Waals surface area contributed by atoms with Crippen LogP contribution in [0.3, 0.4) is 0 Å². The summed E-state index contributed by atoms with van der Waals surface area (Å²) in [7, 11) is -0.486. The normalized spacial score (nSPS) is 15.4. The third kappa shape index (κ3) is 5.07. The van der Waals surface area contributed by atoms with E-state index in [1.807, 2.05) is 0 Å². The minimum atomic E-state index is -3.51. The molecule has 0 aliphatic carbocycles. The molecule has 1 amide bonds. The van der Waals surface area contributed by atoms with Crippen molar-refractivity contribution in [1.29, 1.82) is 0 Å². The van der Waals surface area contributed by atoms with Crippen molar-refractivity contribution in [3.05, 3.63) is 48.0 Å². The molecule has 7 nitrogen and oxygen atoms in total. The maximum Gasteiger partial charge on any atom is 0.255 e. The van der Waals surface area contributed by atoms with Gasteiger partial charge in [0.1, 0.15) is 11.5 Å². The van der Waals surface area contributed by atoms with Crippen molar-refractivity contribution in [2.75, 3.05) is 32.6 Å². The second-order valence-electron chi connectivity index (χ2n) is 6.90. The first kappa shape index (κ1) is 21.1. The Labute approximate surface area is 171 Å². The quantitative estimate of drug-likeness (QED) is 0.776. The monoisotopic (exact) mass is 418 g/mol. The van der Waals surface area contributed by atoms with Gasteiger partial charge in [-0.15, -0.1) is 0 Å². The number of nitrogens with one attached hydrogen (secondary N) is 1. The molecule has 2 aromatic rings. The minimum absolute atomic E-state index is 0.237. The lowest BCUT2D eigenvalue weighted by atomic mass is 10.2. The van der Waals surface area contributed by atoms with Crippen LogP contribution in [0, 0.1) is 0 Å². The fraction of sp³-hybridized carbons (Fsp3) is 0.381. The molecule has 29 heavy (non-hydrogen) atoms. The van der Waals surface area contributed by atoms with Crippen molar-refractivity contribution in [3.63, 3.8) is 0 Å². The van der Waals surface area contributed by atoms with E-state index in [9.17, 15) is 13.2 Å². The van der Waals surface area contributed by atoms with Crippen molar-refractivity contribution in [1.82, 2.24) is 4.31 Å². The Morgan fingerprint density at radius 1 is 0.897 bits per heavy atom. The highest BCUT2D eigenvalue weighted by Crippen LogP contribution is 2.24. The molecule has 2 aromatic carbocycles. The molecule has 1 aliphatic rings. The second kappa shape index (κ2) is 9.28. The summed E-state index contributed by atoms with van der Waals surface area (Å²) in [5.41, 5.74) is 0.883. The van der Waals surface area contributed by atoms with E-state index in [2.05, 4.69) is 5.32 Å². The predicted octanol–water partition coefficient (Wildman–Crippen LogP) is 3.52. The van der Waals surface area contributed by atoms with E-state index in [0.29, 0.717) is 35.8 Å². The number of benzene rings is 2. The van der Waals surface area contributed by atoms with E-state index in [1.165, 1.54) is 26.4 Å². The first-order valence-electron chi connectivity index (χ1n) is 9.58. The molecule has 1 aliphatic heterocycles. The molecule has 1 heterocycles. The Balaban J connectivity index is 1.74. The Morgan fingerprint density at radius 2 is 1.45 bits per heavy atom. The molecule has 3 rings (SSSR count). The van der Waals surface area contributed by atoms with E-state index in [1.54, 1.807) is 34.6 Å². The first-order chi connectivity index (χ1) is 13.9. The first-order valence-corrected chi connectivity index (χ1v) is 11.0. The molecule has 0 spiro atoms. The predicted molar refractivity (Wildman–Crippen MR) is 111 cm³/mol. The number of carbonyl (C=O) groups excluding carboxylic acids is 1. The third-order valence-electron chi connectivity index (χ3n) is 4.93. The van der Waals surface area contributed by atoms with Gasteiger partial charge in [-0.25, -0.2) is 8.42 Å². The second-order valence-corrected chi connectivity index (χ2v) is 8.84. The van der Waals surface area contributed by atoms with E-state index >= 15 is 0 Å². The van der Waals surface area contributed by atoms with Crippen molar-refractivity contribution < 1.29 is 22.7 Å². The van der Waals surface area contributed by atoms with E-state index in [0.717, 1.165) is 25.7 Å². The van der Waals surface area contributed by atoms with Gasteiger partial charge in [-0.1, -0.05) is 12.8 Å². The van der Waals surface area contributed by atoms with Crippen molar-refractivity contribution in [3.8, 4) is 11.5 Å². The molecule has 1 fully saturated rings. The zero-order chi connectivity index (χ0) is 20.9. The molecule has 156 valence electrons. The van der Waals surface area contributed by atoms with Gasteiger partial charge in [0.2, 0.25) is 10.0 Å². The number of amides is 1. The summed E-state index contributed by atoms with van der Waals surface area (Å²) in [5.74, 6) is 0.673. The van der Waals surface area contributed by atoms with E-state index < -0.39 is 10.0 Å². The fourth-order valence-corrected chi connectivity index (χ4v) is 4.80. The Morgan fingerprint density at radius 3 is 1.97 bits per heavy atom. The van der Waals surface area contributed by atoms with Crippen molar-refractivity contribution in [2.45, 2.75) is 30.6 Å². The summed E-state index contributed by atoms with van der Waals surface area (Å²) in [6.07, 6.45) is 3.90. The van der Waals surface area contributed by atoms with Gasteiger partial charge in [0, 0.05) is 30.4 Å². The van der Waals surface area contributed by atoms with Crippen molar-refractivity contribution >= 4 is 21.6 Å². The number of hydrogen-bond donors (Lipinski definition) is 1. The highest BCUT2D eigenvalue weighted by molar-refractivity contribution is 7.89. The van der Waals surface area contributed by atoms with Crippen LogP contribution in [0.4, 0.5) is 5.69 Å². The van der Waals surface area contributed by atoms with Crippen LogP contribution in [0.15, 0.2) is 47.4 Å². The van der Waals surface area contributed by atoms with Gasteiger partial charge < -0.3 is 14.8 Å². The number of methoxy groups -OCH3 is 2. The lowest BCUT2D eigenvalue weighted by Gasteiger charge is -2.20. The molecule has 0 bridgehead atoms. The lowest BCUT2D eigenvalue weighted by molar-refractivity contribution is 0.102. The molecule has 0 unspecified atom stereocenters. The van der Waals surface area contributed by atoms with Crippen LogP contribution in [0.5, 0.6) is 11.5 Å². The molecule has 8 heteroatoms. The smallest absolute Gasteiger partial charge is 0.255 e. The summed E-state index contributed by atoms with van der Waals surface area (Å²) in [5, 5.41) is 2.77. The van der Waals surface area contributed by atoms with Crippen molar-refractivity contribution in [2.24, 2.45) is 0 Å². The average molecular weight is 419 g/mol. The molecule has 0 aromatic heterocycles. The SMILES string of the molecule is COc1cc(OC)cc(C(=O)Nc2ccc(S(=O)(=O)N3CCCCCC3)cc2)c1. The number of nitrogens with zero attached hydrogens (tertiary/aromatic N) is 1. The topological polar surface area (TPSA) is 84.9 Å². The average Bonchev–Trinajstić information content (AvgIpc) is 3.04. The zero-order valence-electron chi connectivity index (χ0n) is 16.7. The molecular weight excluding hydrogens is 392 g/mol. The van der Waals surface area contributed by atoms with Crippen LogP contribution < -0.4 is 14.8 Å². The summed E-state index contributed by atoms with van der Waals surface area (Å²) < 4.78 is 37.6. The molecule has 0 atom stereocenters. The van der Waals surface area contributed by atoms with Gasteiger partial charge in [-0.05, 0) is 49.2 Å². The minimum Gasteiger partial charge on any atom is -0.497 e. The lowest BCUT2D eigenvalue weighted by Crippen LogP contribution is -2.31. The van der Waals surface area contributed by atoms with Gasteiger partial charge in [-0.2, -0.15) is 4.31 Å². The summed E-state index contributed by atoms with van der Waals surface area (Å²) in [6, 6.07) is 11.1. The molecule has 1 saturated heterocycles. The summed E-state index contributed by atoms with van der Waals surface area (Å²) in [4.78, 5) is 12.8. The summed E-state index contributed by atoms with van der Waals surface area (Å²) in [6.45, 7) is 1.11. The number of hydrogen-bond acceptors (Lipinski definition) is 5. The van der Waals surface area contributed by atoms with E-state index in [-0.39, 0.29) is 10.8 Å². The van der Waals surface area contributed by atoms with Gasteiger partial charge in [0.25, 0.3) is 5.91 Å². The molecule has 1 N–H and O–H groups in total. The maximum atomic E-state index is 12.8. The molecular formula is C21H26N2O5S. The maximum absolute atomic E-state index is 12.8. The number of ether oxygens (including phenoxy) is 2. The molecule has 0 saturated carbocycles. The number of sulfonamides is 1. The van der Waals surface area contributed by atoms with Crippen LogP contribution in [-0.4, -0.2) is 45.9 Å². The van der Waals surface area contributed by atoms with Crippen LogP contribution in [0.1, 0.15) is 36.0 Å².